The highest BCUT2D eigenvalue weighted by Crippen LogP contribution is 2.31. The average Bonchev–Trinajstić information content (AvgIpc) is 3.29. The van der Waals surface area contributed by atoms with Gasteiger partial charge in [0.1, 0.15) is 17.6 Å². The van der Waals surface area contributed by atoms with E-state index in [0.29, 0.717) is 10.6 Å². The Kier molecular flexibility index (Phi) is 5.10. The van der Waals surface area contributed by atoms with Gasteiger partial charge < -0.3 is 14.8 Å². The van der Waals surface area contributed by atoms with Crippen molar-refractivity contribution >= 4 is 17.2 Å². The van der Waals surface area contributed by atoms with Gasteiger partial charge in [-0.1, -0.05) is 0 Å². The summed E-state index contributed by atoms with van der Waals surface area (Å²) in [5.41, 5.74) is -1.09. The highest BCUT2D eigenvalue weighted by molar-refractivity contribution is 7.15. The third-order valence-corrected chi connectivity index (χ3v) is 4.69. The lowest BCUT2D eigenvalue weighted by Gasteiger charge is -2.11. The minimum Gasteiger partial charge on any atom is -0.464 e. The Hall–Kier alpha value is -2.65. The first-order chi connectivity index (χ1) is 12.3. The van der Waals surface area contributed by atoms with Crippen molar-refractivity contribution in [3.05, 3.63) is 65.0 Å². The number of alkyl halides is 3. The second kappa shape index (κ2) is 7.30. The van der Waals surface area contributed by atoms with Gasteiger partial charge in [-0.05, 0) is 36.4 Å². The van der Waals surface area contributed by atoms with Gasteiger partial charge >= 0.3 is 6.18 Å². The van der Waals surface area contributed by atoms with Crippen LogP contribution < -0.4 is 5.32 Å². The molecule has 26 heavy (non-hydrogen) atoms. The lowest BCUT2D eigenvalue weighted by atomic mass is 10.2. The molecule has 3 heterocycles. The van der Waals surface area contributed by atoms with Crippen LogP contribution in [0.1, 0.15) is 27.0 Å². The van der Waals surface area contributed by atoms with Crippen LogP contribution in [-0.2, 0) is 6.18 Å². The fourth-order valence-corrected chi connectivity index (χ4v) is 3.13. The lowest BCUT2D eigenvalue weighted by molar-refractivity contribution is -0.141. The van der Waals surface area contributed by atoms with Gasteiger partial charge in [-0.25, -0.2) is 0 Å². The van der Waals surface area contributed by atoms with Crippen LogP contribution in [0.2, 0.25) is 0 Å². The number of aromatic nitrogens is 1. The van der Waals surface area contributed by atoms with E-state index in [2.05, 4.69) is 10.3 Å². The molecule has 3 rings (SSSR count). The van der Waals surface area contributed by atoms with E-state index in [4.69, 9.17) is 4.42 Å². The molecule has 0 saturated carbocycles. The summed E-state index contributed by atoms with van der Waals surface area (Å²) in [5.74, 6) is 0.0569. The summed E-state index contributed by atoms with van der Waals surface area (Å²) < 4.78 is 42.7. The summed E-state index contributed by atoms with van der Waals surface area (Å²) in [4.78, 5) is 16.7. The number of nitrogens with one attached hydrogen (secondary N) is 1. The fraction of sp³-hybridized carbons (Fsp3) is 0.176. The van der Waals surface area contributed by atoms with Crippen molar-refractivity contribution in [3.8, 4) is 10.6 Å². The number of thiophene rings is 1. The summed E-state index contributed by atoms with van der Waals surface area (Å²) in [6, 6.07) is 8.84. The molecule has 9 heteroatoms. The molecule has 0 aromatic carbocycles. The number of aliphatic hydroxyl groups is 1. The first kappa shape index (κ1) is 18.2. The van der Waals surface area contributed by atoms with Gasteiger partial charge in [0.2, 0.25) is 0 Å². The largest absolute Gasteiger partial charge is 0.464 e. The van der Waals surface area contributed by atoms with Crippen LogP contribution in [0, 0.1) is 0 Å². The maximum Gasteiger partial charge on any atom is 0.433 e. The second-order valence-corrected chi connectivity index (χ2v) is 6.45. The van der Waals surface area contributed by atoms with E-state index >= 15 is 0 Å². The topological polar surface area (TPSA) is 75.4 Å². The van der Waals surface area contributed by atoms with Crippen LogP contribution in [0.25, 0.3) is 10.6 Å². The van der Waals surface area contributed by atoms with Gasteiger partial charge in [-0.3, -0.25) is 9.78 Å². The summed E-state index contributed by atoms with van der Waals surface area (Å²) in [6.45, 7) is -0.0854. The first-order valence-corrected chi connectivity index (χ1v) is 8.29. The monoisotopic (exact) mass is 382 g/mol. The zero-order chi connectivity index (χ0) is 18.7. The zero-order valence-electron chi connectivity index (χ0n) is 13.2. The number of furan rings is 1. The standard InChI is InChI=1S/C17H13F3N2O3S/c18-17(19,20)15-6-3-10(8-21-15)16(24)22-9-11(23)13-4-5-14(26-13)12-2-1-7-25-12/h1-8,11,23H,9H2,(H,22,24). The van der Waals surface area contributed by atoms with Gasteiger partial charge in [0.25, 0.3) is 5.91 Å². The van der Waals surface area contributed by atoms with Crippen LogP contribution in [0.4, 0.5) is 13.2 Å². The van der Waals surface area contributed by atoms with E-state index in [1.54, 1.807) is 30.5 Å². The van der Waals surface area contributed by atoms with Gasteiger partial charge in [-0.15, -0.1) is 11.3 Å². The number of carbonyl (C=O) groups excluding carboxylic acids is 1. The Morgan fingerprint density at radius 3 is 2.69 bits per heavy atom. The number of aliphatic hydroxyl groups excluding tert-OH is 1. The molecule has 1 amide bonds. The average molecular weight is 382 g/mol. The number of amides is 1. The van der Waals surface area contributed by atoms with Gasteiger partial charge in [0.05, 0.1) is 16.7 Å². The predicted octanol–water partition coefficient (Wildman–Crippen LogP) is 3.89. The number of hydrogen-bond donors (Lipinski definition) is 2. The molecule has 0 aliphatic rings. The molecule has 1 atom stereocenters. The Bertz CT molecular complexity index is 874. The molecule has 136 valence electrons. The van der Waals surface area contributed by atoms with E-state index in [-0.39, 0.29) is 12.1 Å². The van der Waals surface area contributed by atoms with Crippen molar-refractivity contribution < 1.29 is 27.5 Å². The van der Waals surface area contributed by atoms with Crippen molar-refractivity contribution in [3.63, 3.8) is 0 Å². The SMILES string of the molecule is O=C(NCC(O)c1ccc(-c2ccco2)s1)c1ccc(C(F)(F)F)nc1. The zero-order valence-corrected chi connectivity index (χ0v) is 14.0. The molecule has 0 saturated heterocycles. The maximum absolute atomic E-state index is 12.5. The van der Waals surface area contributed by atoms with Crippen molar-refractivity contribution in [2.45, 2.75) is 12.3 Å². The molecule has 0 aliphatic carbocycles. The number of pyridine rings is 1. The molecular weight excluding hydrogens is 369 g/mol. The van der Waals surface area contributed by atoms with Crippen molar-refractivity contribution in [1.29, 1.82) is 0 Å². The molecule has 3 aromatic rings. The quantitative estimate of drug-likeness (QED) is 0.702. The number of carbonyl (C=O) groups is 1. The third-order valence-electron chi connectivity index (χ3n) is 3.49. The summed E-state index contributed by atoms with van der Waals surface area (Å²) in [7, 11) is 0. The Balaban J connectivity index is 1.59. The lowest BCUT2D eigenvalue weighted by Crippen LogP contribution is -2.28. The highest BCUT2D eigenvalue weighted by Gasteiger charge is 2.32. The van der Waals surface area contributed by atoms with Crippen LogP contribution in [0.3, 0.4) is 0 Å². The minimum atomic E-state index is -4.56. The number of nitrogens with zero attached hydrogens (tertiary/aromatic N) is 1. The molecule has 0 fully saturated rings. The van der Waals surface area contributed by atoms with Crippen LogP contribution in [0.15, 0.2) is 53.3 Å². The Labute approximate surface area is 150 Å². The van der Waals surface area contributed by atoms with Gasteiger partial charge in [0.15, 0.2) is 0 Å². The highest BCUT2D eigenvalue weighted by atomic mass is 32.1. The molecular formula is C17H13F3N2O3S. The van der Waals surface area contributed by atoms with Gasteiger partial charge in [-0.2, -0.15) is 13.2 Å². The molecule has 0 radical (unpaired) electrons. The van der Waals surface area contributed by atoms with Crippen LogP contribution in [-0.4, -0.2) is 22.5 Å². The first-order valence-electron chi connectivity index (χ1n) is 7.48. The summed E-state index contributed by atoms with van der Waals surface area (Å²) >= 11 is 1.32. The van der Waals surface area contributed by atoms with Crippen molar-refractivity contribution in [2.24, 2.45) is 0 Å². The molecule has 1 unspecified atom stereocenters. The predicted molar refractivity (Wildman–Crippen MR) is 88.6 cm³/mol. The van der Waals surface area contributed by atoms with Crippen molar-refractivity contribution in [2.75, 3.05) is 6.54 Å². The Morgan fingerprint density at radius 1 is 1.27 bits per heavy atom. The van der Waals surface area contributed by atoms with Crippen molar-refractivity contribution in [1.82, 2.24) is 10.3 Å². The van der Waals surface area contributed by atoms with Gasteiger partial charge in [0, 0.05) is 17.6 Å². The van der Waals surface area contributed by atoms with E-state index in [1.807, 2.05) is 0 Å². The molecule has 0 aliphatic heterocycles. The summed E-state index contributed by atoms with van der Waals surface area (Å²) in [6.07, 6.45) is -3.11. The number of rotatable bonds is 5. The van der Waals surface area contributed by atoms with E-state index in [1.165, 1.54) is 11.3 Å². The second-order valence-electron chi connectivity index (χ2n) is 5.34. The number of halogens is 3. The fourth-order valence-electron chi connectivity index (χ4n) is 2.17. The van der Waals surface area contributed by atoms with Crippen LogP contribution in [0.5, 0.6) is 0 Å². The van der Waals surface area contributed by atoms with E-state index in [9.17, 15) is 23.1 Å². The number of hydrogen-bond acceptors (Lipinski definition) is 5. The maximum atomic E-state index is 12.5. The molecule has 0 bridgehead atoms. The van der Waals surface area contributed by atoms with E-state index in [0.717, 1.165) is 23.2 Å². The normalized spacial score (nSPS) is 12.8. The molecule has 3 aromatic heterocycles. The Morgan fingerprint density at radius 2 is 2.08 bits per heavy atom. The minimum absolute atomic E-state index is 0.0207. The third kappa shape index (κ3) is 4.12. The van der Waals surface area contributed by atoms with Crippen LogP contribution >= 0.6 is 11.3 Å². The van der Waals surface area contributed by atoms with E-state index < -0.39 is 23.9 Å². The molecule has 2 N–H and O–H groups in total. The summed E-state index contributed by atoms with van der Waals surface area (Å²) in [5, 5.41) is 12.7. The smallest absolute Gasteiger partial charge is 0.433 e. The molecule has 0 spiro atoms. The molecule has 5 nitrogen and oxygen atoms in total.